The second-order valence-electron chi connectivity index (χ2n) is 6.48. The first-order chi connectivity index (χ1) is 10.0. The van der Waals surface area contributed by atoms with Crippen molar-refractivity contribution in [3.63, 3.8) is 0 Å². The lowest BCUT2D eigenvalue weighted by Gasteiger charge is -2.33. The van der Waals surface area contributed by atoms with Crippen LogP contribution >= 0.6 is 0 Å². The third kappa shape index (κ3) is 2.63. The van der Waals surface area contributed by atoms with Crippen molar-refractivity contribution in [1.82, 2.24) is 14.1 Å². The highest BCUT2D eigenvalue weighted by Crippen LogP contribution is 2.37. The van der Waals surface area contributed by atoms with Crippen LogP contribution < -0.4 is 0 Å². The van der Waals surface area contributed by atoms with Crippen LogP contribution in [0.3, 0.4) is 0 Å². The summed E-state index contributed by atoms with van der Waals surface area (Å²) in [6.45, 7) is 2.49. The molecule has 118 valence electrons. The van der Waals surface area contributed by atoms with Crippen LogP contribution in [0.5, 0.6) is 0 Å². The Hall–Kier alpha value is -0.880. The lowest BCUT2D eigenvalue weighted by atomic mass is 9.83. The summed E-state index contributed by atoms with van der Waals surface area (Å²) in [5.41, 5.74) is 0.742. The molecule has 0 spiro atoms. The predicted octanol–water partition coefficient (Wildman–Crippen LogP) is 2.46. The molecular weight excluding hydrogens is 286 g/mol. The molecule has 21 heavy (non-hydrogen) atoms. The number of nitrogens with zero attached hydrogens (tertiary/aromatic N) is 3. The summed E-state index contributed by atoms with van der Waals surface area (Å²) >= 11 is 0. The first-order valence-electron chi connectivity index (χ1n) is 8.02. The molecule has 2 heterocycles. The van der Waals surface area contributed by atoms with Crippen molar-refractivity contribution in [1.29, 1.82) is 0 Å². The molecule has 6 heteroatoms. The molecule has 2 aliphatic rings. The lowest BCUT2D eigenvalue weighted by molar-refractivity contribution is 0.225. The zero-order chi connectivity index (χ0) is 15.0. The molecular formula is C15H25N3O2S. The number of hydrogen-bond donors (Lipinski definition) is 0. The molecule has 2 fully saturated rings. The number of aryl methyl sites for hydroxylation is 2. The van der Waals surface area contributed by atoms with Gasteiger partial charge in [-0.05, 0) is 38.5 Å². The molecule has 5 nitrogen and oxygen atoms in total. The van der Waals surface area contributed by atoms with E-state index in [1.165, 1.54) is 36.8 Å². The molecule has 1 aliphatic carbocycles. The van der Waals surface area contributed by atoms with E-state index in [1.54, 1.807) is 17.5 Å². The van der Waals surface area contributed by atoms with Gasteiger partial charge in [-0.2, -0.15) is 9.40 Å². The fraction of sp³-hybridized carbons (Fsp3) is 0.800. The van der Waals surface area contributed by atoms with Crippen LogP contribution in [-0.2, 0) is 17.1 Å². The summed E-state index contributed by atoms with van der Waals surface area (Å²) in [6, 6.07) is 0.199. The number of aromatic nitrogens is 2. The fourth-order valence-corrected chi connectivity index (χ4v) is 6.14. The van der Waals surface area contributed by atoms with Crippen molar-refractivity contribution >= 4 is 10.0 Å². The summed E-state index contributed by atoms with van der Waals surface area (Å²) in [4.78, 5) is 0. The molecule has 1 atom stereocenters. The molecule has 0 aromatic carbocycles. The zero-order valence-corrected chi connectivity index (χ0v) is 13.8. The van der Waals surface area contributed by atoms with E-state index in [1.807, 2.05) is 6.92 Å². The largest absolute Gasteiger partial charge is 0.260 e. The molecule has 0 radical (unpaired) electrons. The van der Waals surface area contributed by atoms with Gasteiger partial charge in [0.15, 0.2) is 5.03 Å². The highest BCUT2D eigenvalue weighted by Gasteiger charge is 2.41. The van der Waals surface area contributed by atoms with E-state index in [0.29, 0.717) is 17.5 Å². The molecule has 1 aliphatic heterocycles. The second-order valence-corrected chi connectivity index (χ2v) is 8.29. The van der Waals surface area contributed by atoms with E-state index in [4.69, 9.17) is 0 Å². The van der Waals surface area contributed by atoms with Crippen LogP contribution in [0.2, 0.25) is 0 Å². The Morgan fingerprint density at radius 2 is 1.86 bits per heavy atom. The predicted molar refractivity (Wildman–Crippen MR) is 81.4 cm³/mol. The van der Waals surface area contributed by atoms with Gasteiger partial charge >= 0.3 is 0 Å². The van der Waals surface area contributed by atoms with Gasteiger partial charge in [0.1, 0.15) is 0 Å². The van der Waals surface area contributed by atoms with Crippen molar-refractivity contribution < 1.29 is 8.42 Å². The second kappa shape index (κ2) is 5.72. The van der Waals surface area contributed by atoms with Gasteiger partial charge in [0, 0.05) is 25.2 Å². The van der Waals surface area contributed by atoms with Crippen LogP contribution in [0.15, 0.2) is 11.2 Å². The van der Waals surface area contributed by atoms with E-state index in [9.17, 15) is 8.42 Å². The monoisotopic (exact) mass is 311 g/mol. The van der Waals surface area contributed by atoms with Crippen molar-refractivity contribution in [3.8, 4) is 0 Å². The van der Waals surface area contributed by atoms with E-state index in [0.717, 1.165) is 18.4 Å². The van der Waals surface area contributed by atoms with E-state index >= 15 is 0 Å². The molecule has 0 bridgehead atoms. The molecule has 3 rings (SSSR count). The Labute approximate surface area is 127 Å². The molecule has 1 saturated carbocycles. The van der Waals surface area contributed by atoms with E-state index < -0.39 is 10.0 Å². The quantitative estimate of drug-likeness (QED) is 0.861. The van der Waals surface area contributed by atoms with Gasteiger partial charge in [0.25, 0.3) is 10.0 Å². The average molecular weight is 311 g/mol. The Morgan fingerprint density at radius 1 is 1.14 bits per heavy atom. The third-order valence-corrected chi connectivity index (χ3v) is 7.20. The molecule has 1 unspecified atom stereocenters. The van der Waals surface area contributed by atoms with Crippen molar-refractivity contribution in [2.45, 2.75) is 62.9 Å². The standard InChI is InChI=1S/C15H25N3O2S/c1-12-11-16-17(2)15(12)21(19,20)18-10-6-9-14(18)13-7-4-3-5-8-13/h11,13-14H,3-10H2,1-2H3. The van der Waals surface area contributed by atoms with Gasteiger partial charge in [-0.3, -0.25) is 4.68 Å². The Kier molecular flexibility index (Phi) is 4.10. The van der Waals surface area contributed by atoms with Gasteiger partial charge < -0.3 is 0 Å². The van der Waals surface area contributed by atoms with Gasteiger partial charge in [0.2, 0.25) is 0 Å². The zero-order valence-electron chi connectivity index (χ0n) is 13.0. The summed E-state index contributed by atoms with van der Waals surface area (Å²) in [5.74, 6) is 0.546. The van der Waals surface area contributed by atoms with Gasteiger partial charge in [-0.15, -0.1) is 0 Å². The minimum Gasteiger partial charge on any atom is -0.256 e. The third-order valence-electron chi connectivity index (χ3n) is 5.05. The Bertz CT molecular complexity index is 583. The van der Waals surface area contributed by atoms with Crippen LogP contribution in [0.4, 0.5) is 0 Å². The van der Waals surface area contributed by atoms with Gasteiger partial charge in [0.05, 0.1) is 6.20 Å². The SMILES string of the molecule is Cc1cnn(C)c1S(=O)(=O)N1CCCC1C1CCCCC1. The minimum atomic E-state index is -3.42. The fourth-order valence-electron chi connectivity index (χ4n) is 4.07. The summed E-state index contributed by atoms with van der Waals surface area (Å²) in [5, 5.41) is 4.47. The first-order valence-corrected chi connectivity index (χ1v) is 9.46. The minimum absolute atomic E-state index is 0.199. The molecule has 1 aromatic heterocycles. The maximum absolute atomic E-state index is 13.1. The molecule has 1 saturated heterocycles. The van der Waals surface area contributed by atoms with Crippen molar-refractivity contribution in [2.24, 2.45) is 13.0 Å². The lowest BCUT2D eigenvalue weighted by Crippen LogP contribution is -2.41. The van der Waals surface area contributed by atoms with Gasteiger partial charge in [-0.25, -0.2) is 8.42 Å². The summed E-state index contributed by atoms with van der Waals surface area (Å²) < 4.78 is 29.4. The highest BCUT2D eigenvalue weighted by molar-refractivity contribution is 7.89. The average Bonchev–Trinajstić information content (AvgIpc) is 3.07. The smallest absolute Gasteiger partial charge is 0.256 e. The molecule has 0 N–H and O–H groups in total. The van der Waals surface area contributed by atoms with Crippen molar-refractivity contribution in [2.75, 3.05) is 6.54 Å². The normalized spacial score (nSPS) is 25.5. The van der Waals surface area contributed by atoms with Crippen LogP contribution in [0, 0.1) is 12.8 Å². The van der Waals surface area contributed by atoms with Gasteiger partial charge in [-0.1, -0.05) is 19.3 Å². The topological polar surface area (TPSA) is 55.2 Å². The van der Waals surface area contributed by atoms with E-state index in [2.05, 4.69) is 5.10 Å². The molecule has 1 aromatic rings. The highest BCUT2D eigenvalue weighted by atomic mass is 32.2. The Morgan fingerprint density at radius 3 is 2.48 bits per heavy atom. The maximum Gasteiger partial charge on any atom is 0.260 e. The van der Waals surface area contributed by atoms with Crippen molar-refractivity contribution in [3.05, 3.63) is 11.8 Å². The van der Waals surface area contributed by atoms with Crippen LogP contribution in [-0.4, -0.2) is 35.1 Å². The number of rotatable bonds is 3. The Balaban J connectivity index is 1.90. The maximum atomic E-state index is 13.1. The first kappa shape index (κ1) is 15.0. The summed E-state index contributed by atoms with van der Waals surface area (Å²) in [6.07, 6.45) is 9.80. The number of sulfonamides is 1. The number of hydrogen-bond acceptors (Lipinski definition) is 3. The van der Waals surface area contributed by atoms with E-state index in [-0.39, 0.29) is 6.04 Å². The summed E-state index contributed by atoms with van der Waals surface area (Å²) in [7, 11) is -1.71. The van der Waals surface area contributed by atoms with Crippen LogP contribution in [0.25, 0.3) is 0 Å². The molecule has 0 amide bonds. The van der Waals surface area contributed by atoms with Crippen LogP contribution in [0.1, 0.15) is 50.5 Å².